The number of carbonyl (C=O) groups is 1. The number of rotatable bonds is 6. The Balaban J connectivity index is 1.64. The molecule has 0 spiro atoms. The van der Waals surface area contributed by atoms with Gasteiger partial charge in [0.15, 0.2) is 0 Å². The Kier molecular flexibility index (Phi) is 6.68. The van der Waals surface area contributed by atoms with Gasteiger partial charge < -0.3 is 4.74 Å². The minimum Gasteiger partial charge on any atom is -0.458 e. The fraction of sp³-hybridized carbons (Fsp3) is 0.478. The first-order chi connectivity index (χ1) is 13.5. The number of ether oxygens (including phenoxy) is 1. The minimum atomic E-state index is -0.270. The SMILES string of the molecule is CCN1CCCC(OC(=O)/C=C/c2c(C)nn(Cc3ccc(C)cc3)c2C)C1. The van der Waals surface area contributed by atoms with E-state index in [1.165, 1.54) is 17.2 Å². The normalized spacial score (nSPS) is 17.9. The summed E-state index contributed by atoms with van der Waals surface area (Å²) in [6.45, 7) is 11.9. The van der Waals surface area contributed by atoms with Crippen LogP contribution in [0.1, 0.15) is 47.8 Å². The molecule has 28 heavy (non-hydrogen) atoms. The third kappa shape index (κ3) is 5.10. The molecule has 0 saturated carbocycles. The molecule has 0 radical (unpaired) electrons. The van der Waals surface area contributed by atoms with Crippen LogP contribution in [0.4, 0.5) is 0 Å². The Hall–Kier alpha value is -2.40. The third-order valence-corrected chi connectivity index (χ3v) is 5.47. The second-order valence-corrected chi connectivity index (χ2v) is 7.66. The van der Waals surface area contributed by atoms with Crippen molar-refractivity contribution >= 4 is 12.0 Å². The van der Waals surface area contributed by atoms with Crippen molar-refractivity contribution in [3.8, 4) is 0 Å². The predicted molar refractivity (Wildman–Crippen MR) is 112 cm³/mol. The lowest BCUT2D eigenvalue weighted by Crippen LogP contribution is -2.40. The van der Waals surface area contributed by atoms with E-state index in [0.29, 0.717) is 0 Å². The molecule has 5 nitrogen and oxygen atoms in total. The molecule has 1 aliphatic heterocycles. The van der Waals surface area contributed by atoms with Crippen LogP contribution in [0, 0.1) is 20.8 Å². The van der Waals surface area contributed by atoms with Crippen LogP contribution in [0.3, 0.4) is 0 Å². The van der Waals surface area contributed by atoms with Crippen LogP contribution < -0.4 is 0 Å². The lowest BCUT2D eigenvalue weighted by atomic mass is 10.1. The summed E-state index contributed by atoms with van der Waals surface area (Å²) in [6, 6.07) is 8.48. The number of esters is 1. The van der Waals surface area contributed by atoms with E-state index in [4.69, 9.17) is 4.74 Å². The standard InChI is InChI=1S/C23H31N3O2/c1-5-25-14-6-7-21(16-25)28-23(27)13-12-22-18(3)24-26(19(22)4)15-20-10-8-17(2)9-11-20/h8-13,21H,5-7,14-16H2,1-4H3/b13-12+. The van der Waals surface area contributed by atoms with Crippen molar-refractivity contribution in [2.75, 3.05) is 19.6 Å². The lowest BCUT2D eigenvalue weighted by molar-refractivity contribution is -0.145. The Labute approximate surface area is 168 Å². The first-order valence-electron chi connectivity index (χ1n) is 10.2. The number of hydrogen-bond acceptors (Lipinski definition) is 4. The molecular weight excluding hydrogens is 350 g/mol. The maximum absolute atomic E-state index is 12.3. The van der Waals surface area contributed by atoms with Gasteiger partial charge in [0.05, 0.1) is 12.2 Å². The molecule has 1 saturated heterocycles. The van der Waals surface area contributed by atoms with Crippen LogP contribution in [0.2, 0.25) is 0 Å². The van der Waals surface area contributed by atoms with Crippen molar-refractivity contribution in [1.82, 2.24) is 14.7 Å². The highest BCUT2D eigenvalue weighted by molar-refractivity contribution is 5.87. The maximum Gasteiger partial charge on any atom is 0.331 e. The molecule has 1 aromatic heterocycles. The highest BCUT2D eigenvalue weighted by atomic mass is 16.5. The van der Waals surface area contributed by atoms with Crippen LogP contribution >= 0.6 is 0 Å². The van der Waals surface area contributed by atoms with Crippen molar-refractivity contribution < 1.29 is 9.53 Å². The van der Waals surface area contributed by atoms with E-state index in [1.807, 2.05) is 24.6 Å². The highest BCUT2D eigenvalue weighted by Gasteiger charge is 2.21. The van der Waals surface area contributed by atoms with E-state index in [1.54, 1.807) is 0 Å². The van der Waals surface area contributed by atoms with E-state index < -0.39 is 0 Å². The largest absolute Gasteiger partial charge is 0.458 e. The third-order valence-electron chi connectivity index (χ3n) is 5.47. The summed E-state index contributed by atoms with van der Waals surface area (Å²) in [5.74, 6) is -0.270. The Morgan fingerprint density at radius 3 is 2.71 bits per heavy atom. The van der Waals surface area contributed by atoms with Crippen molar-refractivity contribution in [2.24, 2.45) is 0 Å². The van der Waals surface area contributed by atoms with Crippen molar-refractivity contribution in [1.29, 1.82) is 0 Å². The van der Waals surface area contributed by atoms with Crippen LogP contribution in [-0.2, 0) is 16.1 Å². The molecule has 0 bridgehead atoms. The summed E-state index contributed by atoms with van der Waals surface area (Å²) >= 11 is 0. The van der Waals surface area contributed by atoms with Gasteiger partial charge in [0.1, 0.15) is 6.10 Å². The molecule has 150 valence electrons. The predicted octanol–water partition coefficient (Wildman–Crippen LogP) is 3.90. The van der Waals surface area contributed by atoms with Gasteiger partial charge in [-0.3, -0.25) is 9.58 Å². The molecule has 5 heteroatoms. The summed E-state index contributed by atoms with van der Waals surface area (Å²) in [6.07, 6.45) is 5.41. The summed E-state index contributed by atoms with van der Waals surface area (Å²) in [5, 5.41) is 4.65. The van der Waals surface area contributed by atoms with E-state index in [9.17, 15) is 4.79 Å². The van der Waals surface area contributed by atoms with Gasteiger partial charge in [-0.25, -0.2) is 4.79 Å². The van der Waals surface area contributed by atoms with Crippen molar-refractivity contribution in [3.05, 3.63) is 58.4 Å². The van der Waals surface area contributed by atoms with Gasteiger partial charge in [0.25, 0.3) is 0 Å². The zero-order valence-electron chi connectivity index (χ0n) is 17.4. The minimum absolute atomic E-state index is 0.00250. The van der Waals surface area contributed by atoms with Gasteiger partial charge in [-0.15, -0.1) is 0 Å². The van der Waals surface area contributed by atoms with E-state index in [-0.39, 0.29) is 12.1 Å². The molecule has 1 aliphatic rings. The van der Waals surface area contributed by atoms with Gasteiger partial charge in [-0.2, -0.15) is 5.10 Å². The molecule has 1 unspecified atom stereocenters. The number of likely N-dealkylation sites (N-methyl/N-ethyl adjacent to an activating group) is 1. The number of piperidine rings is 1. The molecule has 2 aromatic rings. The fourth-order valence-corrected chi connectivity index (χ4v) is 3.72. The first kappa shape index (κ1) is 20.3. The van der Waals surface area contributed by atoms with Crippen LogP contribution in [0.5, 0.6) is 0 Å². The number of likely N-dealkylation sites (tertiary alicyclic amines) is 1. The molecular formula is C23H31N3O2. The van der Waals surface area contributed by atoms with Crippen molar-refractivity contribution in [2.45, 2.75) is 53.2 Å². The molecule has 0 N–H and O–H groups in total. The number of aryl methyl sites for hydroxylation is 2. The van der Waals surface area contributed by atoms with Gasteiger partial charge in [0, 0.05) is 23.9 Å². The van der Waals surface area contributed by atoms with E-state index >= 15 is 0 Å². The average Bonchev–Trinajstić information content (AvgIpc) is 2.95. The lowest BCUT2D eigenvalue weighted by Gasteiger charge is -2.31. The first-order valence-corrected chi connectivity index (χ1v) is 10.2. The number of carbonyl (C=O) groups excluding carboxylic acids is 1. The number of aromatic nitrogens is 2. The van der Waals surface area contributed by atoms with Gasteiger partial charge in [-0.05, 0) is 58.3 Å². The molecule has 0 amide bonds. The zero-order chi connectivity index (χ0) is 20.1. The van der Waals surface area contributed by atoms with E-state index in [2.05, 4.69) is 48.1 Å². The molecule has 3 rings (SSSR count). The molecule has 2 heterocycles. The fourth-order valence-electron chi connectivity index (χ4n) is 3.72. The van der Waals surface area contributed by atoms with Crippen LogP contribution in [0.25, 0.3) is 6.08 Å². The molecule has 1 fully saturated rings. The Morgan fingerprint density at radius 1 is 1.25 bits per heavy atom. The Morgan fingerprint density at radius 2 is 2.00 bits per heavy atom. The molecule has 0 aliphatic carbocycles. The smallest absolute Gasteiger partial charge is 0.331 e. The van der Waals surface area contributed by atoms with Gasteiger partial charge in [-0.1, -0.05) is 36.8 Å². The van der Waals surface area contributed by atoms with Crippen LogP contribution in [-0.4, -0.2) is 46.4 Å². The van der Waals surface area contributed by atoms with Gasteiger partial charge >= 0.3 is 5.97 Å². The summed E-state index contributed by atoms with van der Waals surface area (Å²) in [5.41, 5.74) is 5.42. The summed E-state index contributed by atoms with van der Waals surface area (Å²) in [4.78, 5) is 14.6. The second-order valence-electron chi connectivity index (χ2n) is 7.66. The van der Waals surface area contributed by atoms with Crippen LogP contribution in [0.15, 0.2) is 30.3 Å². The average molecular weight is 382 g/mol. The Bertz CT molecular complexity index is 836. The maximum atomic E-state index is 12.3. The molecule has 1 atom stereocenters. The zero-order valence-corrected chi connectivity index (χ0v) is 17.4. The number of benzene rings is 1. The molecule has 1 aromatic carbocycles. The monoisotopic (exact) mass is 381 g/mol. The summed E-state index contributed by atoms with van der Waals surface area (Å²) in [7, 11) is 0. The van der Waals surface area contributed by atoms with Crippen molar-refractivity contribution in [3.63, 3.8) is 0 Å². The van der Waals surface area contributed by atoms with Gasteiger partial charge in [0.2, 0.25) is 0 Å². The highest BCUT2D eigenvalue weighted by Crippen LogP contribution is 2.18. The number of hydrogen-bond donors (Lipinski definition) is 0. The second kappa shape index (κ2) is 9.20. The summed E-state index contributed by atoms with van der Waals surface area (Å²) < 4.78 is 7.64. The number of nitrogens with zero attached hydrogens (tertiary/aromatic N) is 3. The topological polar surface area (TPSA) is 47.4 Å². The quantitative estimate of drug-likeness (QED) is 0.562. The van der Waals surface area contributed by atoms with E-state index in [0.717, 1.165) is 56.0 Å².